The zero-order valence-electron chi connectivity index (χ0n) is 6.17. The fourth-order valence-corrected chi connectivity index (χ4v) is 0.974. The first-order valence-corrected chi connectivity index (χ1v) is 3.46. The van der Waals surface area contributed by atoms with Gasteiger partial charge >= 0.3 is 7.48 Å². The Hall–Kier alpha value is -1.21. The predicted molar refractivity (Wildman–Crippen MR) is 43.8 cm³/mol. The molecule has 56 valence electrons. The molecule has 1 rings (SSSR count). The van der Waals surface area contributed by atoms with Crippen LogP contribution in [0.25, 0.3) is 0 Å². The molecule has 0 radical (unpaired) electrons. The van der Waals surface area contributed by atoms with Crippen molar-refractivity contribution in [2.24, 2.45) is 0 Å². The van der Waals surface area contributed by atoms with Gasteiger partial charge in [-0.25, -0.2) is 0 Å². The summed E-state index contributed by atoms with van der Waals surface area (Å²) in [6, 6.07) is 2.06. The van der Waals surface area contributed by atoms with Gasteiger partial charge in [-0.15, -0.1) is 0 Å². The van der Waals surface area contributed by atoms with Gasteiger partial charge in [0.1, 0.15) is 0 Å². The molecule has 0 saturated heterocycles. The van der Waals surface area contributed by atoms with E-state index in [1.165, 1.54) is 0 Å². The van der Waals surface area contributed by atoms with Crippen LogP contribution >= 0.6 is 0 Å². The molecule has 0 aromatic rings. The third kappa shape index (κ3) is 2.13. The first-order chi connectivity index (χ1) is 5.36. The second-order valence-electron chi connectivity index (χ2n) is 2.40. The van der Waals surface area contributed by atoms with Crippen LogP contribution in [0.5, 0.6) is 0 Å². The SMILES string of the molecule is N#CCC1=CC(BO)=CNC1. The lowest BCUT2D eigenvalue weighted by molar-refractivity contribution is 0.611. The van der Waals surface area contributed by atoms with E-state index in [1.54, 1.807) is 6.20 Å². The number of rotatable bonds is 2. The van der Waals surface area contributed by atoms with Crippen LogP contribution in [-0.4, -0.2) is 19.1 Å². The highest BCUT2D eigenvalue weighted by Gasteiger charge is 2.03. The lowest BCUT2D eigenvalue weighted by Gasteiger charge is -2.10. The molecular weight excluding hydrogens is 139 g/mol. The lowest BCUT2D eigenvalue weighted by Crippen LogP contribution is -2.16. The third-order valence-electron chi connectivity index (χ3n) is 1.49. The first-order valence-electron chi connectivity index (χ1n) is 3.46. The predicted octanol–water partition coefficient (Wildman–Crippen LogP) is -0.385. The highest BCUT2D eigenvalue weighted by molar-refractivity contribution is 6.37. The number of nitriles is 1. The molecule has 0 saturated carbocycles. The van der Waals surface area contributed by atoms with Crippen molar-refractivity contribution < 1.29 is 5.02 Å². The molecule has 11 heavy (non-hydrogen) atoms. The Bertz CT molecular complexity index is 239. The van der Waals surface area contributed by atoms with Crippen molar-refractivity contribution in [3.63, 3.8) is 0 Å². The molecule has 1 aliphatic rings. The quantitative estimate of drug-likeness (QED) is 0.524. The molecule has 0 amide bonds. The highest BCUT2D eigenvalue weighted by Crippen LogP contribution is 2.07. The van der Waals surface area contributed by atoms with Crippen molar-refractivity contribution in [1.82, 2.24) is 5.32 Å². The van der Waals surface area contributed by atoms with Crippen LogP contribution in [0.3, 0.4) is 0 Å². The average Bonchev–Trinajstić information content (AvgIpc) is 2.06. The second-order valence-corrected chi connectivity index (χ2v) is 2.40. The Labute approximate surface area is 66.3 Å². The monoisotopic (exact) mass is 148 g/mol. The minimum atomic E-state index is 0.0297. The van der Waals surface area contributed by atoms with Gasteiger partial charge < -0.3 is 10.3 Å². The van der Waals surface area contributed by atoms with Crippen molar-refractivity contribution in [3.8, 4) is 6.07 Å². The van der Waals surface area contributed by atoms with Gasteiger partial charge in [0.25, 0.3) is 0 Å². The topological polar surface area (TPSA) is 56.0 Å². The largest absolute Gasteiger partial charge is 0.449 e. The first kappa shape index (κ1) is 7.90. The summed E-state index contributed by atoms with van der Waals surface area (Å²) in [6.07, 6.45) is 4.06. The van der Waals surface area contributed by atoms with Gasteiger partial charge in [0.15, 0.2) is 0 Å². The Morgan fingerprint density at radius 3 is 3.27 bits per heavy atom. The molecule has 0 bridgehead atoms. The van der Waals surface area contributed by atoms with Gasteiger partial charge in [-0.05, 0) is 17.2 Å². The van der Waals surface area contributed by atoms with Gasteiger partial charge in [-0.3, -0.25) is 0 Å². The summed E-state index contributed by atoms with van der Waals surface area (Å²) in [4.78, 5) is 0. The maximum Gasteiger partial charge on any atom is 0.306 e. The van der Waals surface area contributed by atoms with Gasteiger partial charge in [0.2, 0.25) is 0 Å². The van der Waals surface area contributed by atoms with Crippen LogP contribution < -0.4 is 5.32 Å². The molecule has 4 heteroatoms. The smallest absolute Gasteiger partial charge is 0.306 e. The molecule has 1 heterocycles. The summed E-state index contributed by atoms with van der Waals surface area (Å²) in [7, 11) is 0.0297. The van der Waals surface area contributed by atoms with Gasteiger partial charge in [0, 0.05) is 6.54 Å². The average molecular weight is 148 g/mol. The molecule has 0 aromatic heterocycles. The van der Waals surface area contributed by atoms with Crippen LogP contribution in [-0.2, 0) is 0 Å². The fraction of sp³-hybridized carbons (Fsp3) is 0.286. The number of hydrogen-bond donors (Lipinski definition) is 2. The van der Waals surface area contributed by atoms with Gasteiger partial charge in [-0.1, -0.05) is 6.08 Å². The van der Waals surface area contributed by atoms with Crippen LogP contribution in [0.2, 0.25) is 0 Å². The third-order valence-corrected chi connectivity index (χ3v) is 1.49. The van der Waals surface area contributed by atoms with Crippen molar-refractivity contribution in [2.45, 2.75) is 6.42 Å². The van der Waals surface area contributed by atoms with E-state index < -0.39 is 0 Å². The van der Waals surface area contributed by atoms with E-state index in [0.717, 1.165) is 17.6 Å². The zero-order valence-corrected chi connectivity index (χ0v) is 6.17. The summed E-state index contributed by atoms with van der Waals surface area (Å²) in [5.41, 5.74) is 1.86. The fourth-order valence-electron chi connectivity index (χ4n) is 0.974. The molecule has 3 nitrogen and oxygen atoms in total. The van der Waals surface area contributed by atoms with Crippen molar-refractivity contribution >= 4 is 7.48 Å². The number of nitrogens with one attached hydrogen (secondary N) is 1. The van der Waals surface area contributed by atoms with Crippen LogP contribution in [0.1, 0.15) is 6.42 Å². The maximum absolute atomic E-state index is 8.74. The van der Waals surface area contributed by atoms with E-state index in [0.29, 0.717) is 6.42 Å². The van der Waals surface area contributed by atoms with Crippen LogP contribution in [0.15, 0.2) is 23.3 Å². The maximum atomic E-state index is 8.74. The second kappa shape index (κ2) is 3.84. The number of nitrogens with zero attached hydrogens (tertiary/aromatic N) is 1. The summed E-state index contributed by atoms with van der Waals surface area (Å²) in [6.45, 7) is 0.719. The van der Waals surface area contributed by atoms with Gasteiger partial charge in [-0.2, -0.15) is 5.26 Å². The molecule has 0 atom stereocenters. The van der Waals surface area contributed by atoms with E-state index in [4.69, 9.17) is 10.3 Å². The summed E-state index contributed by atoms with van der Waals surface area (Å²) in [5, 5.41) is 20.1. The van der Waals surface area contributed by atoms with Crippen molar-refractivity contribution in [1.29, 1.82) is 5.26 Å². The van der Waals surface area contributed by atoms with E-state index in [-0.39, 0.29) is 7.48 Å². The Morgan fingerprint density at radius 1 is 1.82 bits per heavy atom. The Balaban J connectivity index is 2.62. The van der Waals surface area contributed by atoms with Crippen molar-refractivity contribution in [2.75, 3.05) is 6.54 Å². The van der Waals surface area contributed by atoms with Crippen LogP contribution in [0, 0.1) is 11.3 Å². The Morgan fingerprint density at radius 2 is 2.64 bits per heavy atom. The minimum Gasteiger partial charge on any atom is -0.449 e. The van der Waals surface area contributed by atoms with Gasteiger partial charge in [0.05, 0.1) is 12.5 Å². The van der Waals surface area contributed by atoms with Crippen molar-refractivity contribution in [3.05, 3.63) is 23.3 Å². The molecule has 0 spiro atoms. The highest BCUT2D eigenvalue weighted by atomic mass is 16.2. The molecule has 0 unspecified atom stereocenters. The number of dihydropyridines is 1. The molecule has 1 aliphatic heterocycles. The van der Waals surface area contributed by atoms with E-state index in [1.807, 2.05) is 6.08 Å². The van der Waals surface area contributed by atoms with E-state index >= 15 is 0 Å². The Kier molecular flexibility index (Phi) is 2.76. The number of hydrogen-bond acceptors (Lipinski definition) is 3. The minimum absolute atomic E-state index is 0.0297. The lowest BCUT2D eigenvalue weighted by atomic mass is 9.85. The summed E-state index contributed by atoms with van der Waals surface area (Å²) in [5.74, 6) is 0. The zero-order chi connectivity index (χ0) is 8.10. The number of allylic oxidation sites excluding steroid dienone is 2. The standard InChI is InChI=1S/C7H9BN2O/c9-2-1-6-3-7(8-11)5-10-4-6/h3,5,8,10-11H,1,4H2. The summed E-state index contributed by atoms with van der Waals surface area (Å²) >= 11 is 0. The normalized spacial score (nSPS) is 15.6. The molecule has 0 aliphatic carbocycles. The molecule has 0 aromatic carbocycles. The summed E-state index contributed by atoms with van der Waals surface area (Å²) < 4.78 is 0. The van der Waals surface area contributed by atoms with E-state index in [2.05, 4.69) is 11.4 Å². The molecule has 2 N–H and O–H groups in total. The van der Waals surface area contributed by atoms with E-state index in [9.17, 15) is 0 Å². The molecular formula is C7H9BN2O. The van der Waals surface area contributed by atoms with Crippen LogP contribution in [0.4, 0.5) is 0 Å². The molecule has 0 fully saturated rings.